The second-order valence-corrected chi connectivity index (χ2v) is 6.98. The fourth-order valence-electron chi connectivity index (χ4n) is 2.43. The molecule has 0 saturated heterocycles. The highest BCUT2D eigenvalue weighted by Crippen LogP contribution is 2.13. The number of hydrogen-bond acceptors (Lipinski definition) is 4. The summed E-state index contributed by atoms with van der Waals surface area (Å²) >= 11 is 0. The summed E-state index contributed by atoms with van der Waals surface area (Å²) in [5.41, 5.74) is 2.10. The predicted octanol–water partition coefficient (Wildman–Crippen LogP) is 1.19. The maximum atomic E-state index is 12.1. The molecule has 0 unspecified atom stereocenters. The Bertz CT molecular complexity index is 1080. The van der Waals surface area contributed by atoms with Crippen molar-refractivity contribution < 1.29 is 8.42 Å². The number of benzene rings is 2. The Balaban J connectivity index is 1.86. The second kappa shape index (κ2) is 5.97. The Hall–Kier alpha value is -2.87. The zero-order chi connectivity index (χ0) is 17.3. The first kappa shape index (κ1) is 16.0. The standard InChI is InChI=1S/C16H16N4O3S/c1-19-14-9-8-12(10-15(14)20(2)16(19)21)11-17-18-24(22,23)13-6-4-3-5-7-13/h3-11,18H,1-2H3/b17-11-. The SMILES string of the molecule is Cn1c(=O)n(C)c2cc(/C=N\NS(=O)(=O)c3ccccc3)ccc21. The lowest BCUT2D eigenvalue weighted by atomic mass is 10.2. The molecule has 0 amide bonds. The Morgan fingerprint density at radius 3 is 2.38 bits per heavy atom. The maximum absolute atomic E-state index is 12.1. The third-order valence-corrected chi connectivity index (χ3v) is 4.97. The number of aromatic nitrogens is 2. The first-order valence-corrected chi connectivity index (χ1v) is 8.64. The molecule has 24 heavy (non-hydrogen) atoms. The molecule has 0 aliphatic rings. The van der Waals surface area contributed by atoms with Crippen LogP contribution >= 0.6 is 0 Å². The van der Waals surface area contributed by atoms with Crippen LogP contribution in [0.5, 0.6) is 0 Å². The van der Waals surface area contributed by atoms with E-state index in [4.69, 9.17) is 0 Å². The minimum absolute atomic E-state index is 0.121. The fraction of sp³-hybridized carbons (Fsp3) is 0.125. The van der Waals surface area contributed by atoms with Crippen molar-refractivity contribution in [1.29, 1.82) is 0 Å². The molecule has 0 saturated carbocycles. The molecular weight excluding hydrogens is 328 g/mol. The number of aryl methyl sites for hydroxylation is 2. The lowest BCUT2D eigenvalue weighted by Gasteiger charge is -2.02. The summed E-state index contributed by atoms with van der Waals surface area (Å²) in [6.45, 7) is 0. The Morgan fingerprint density at radius 2 is 1.67 bits per heavy atom. The van der Waals surface area contributed by atoms with Crippen molar-refractivity contribution in [3.05, 3.63) is 64.6 Å². The first-order chi connectivity index (χ1) is 11.4. The maximum Gasteiger partial charge on any atom is 0.328 e. The normalized spacial score (nSPS) is 12.1. The molecule has 1 N–H and O–H groups in total. The molecule has 0 spiro atoms. The molecule has 0 aliphatic heterocycles. The summed E-state index contributed by atoms with van der Waals surface area (Å²) in [7, 11) is -0.306. The smallest absolute Gasteiger partial charge is 0.295 e. The predicted molar refractivity (Wildman–Crippen MR) is 92.5 cm³/mol. The topological polar surface area (TPSA) is 85.5 Å². The van der Waals surface area contributed by atoms with Gasteiger partial charge in [-0.3, -0.25) is 9.13 Å². The highest BCUT2D eigenvalue weighted by Gasteiger charge is 2.11. The van der Waals surface area contributed by atoms with Crippen LogP contribution in [0, 0.1) is 0 Å². The van der Waals surface area contributed by atoms with Gasteiger partial charge in [-0.15, -0.1) is 0 Å². The Labute approximate surface area is 138 Å². The van der Waals surface area contributed by atoms with Gasteiger partial charge >= 0.3 is 5.69 Å². The average molecular weight is 344 g/mol. The summed E-state index contributed by atoms with van der Waals surface area (Å²) in [5.74, 6) is 0. The number of sulfonamides is 1. The van der Waals surface area contributed by atoms with Crippen LogP contribution in [-0.2, 0) is 24.1 Å². The largest absolute Gasteiger partial charge is 0.328 e. The number of rotatable bonds is 4. The van der Waals surface area contributed by atoms with E-state index in [2.05, 4.69) is 9.93 Å². The first-order valence-electron chi connectivity index (χ1n) is 7.15. The molecule has 0 bridgehead atoms. The van der Waals surface area contributed by atoms with Gasteiger partial charge in [-0.25, -0.2) is 9.63 Å². The van der Waals surface area contributed by atoms with Crippen molar-refractivity contribution in [1.82, 2.24) is 14.0 Å². The van der Waals surface area contributed by atoms with Crippen LogP contribution in [0.25, 0.3) is 11.0 Å². The van der Waals surface area contributed by atoms with E-state index >= 15 is 0 Å². The van der Waals surface area contributed by atoms with Crippen LogP contribution in [0.4, 0.5) is 0 Å². The molecular formula is C16H16N4O3S. The lowest BCUT2D eigenvalue weighted by molar-refractivity contribution is 0.584. The molecule has 1 aromatic heterocycles. The summed E-state index contributed by atoms with van der Waals surface area (Å²) in [6.07, 6.45) is 1.40. The average Bonchev–Trinajstić information content (AvgIpc) is 2.80. The van der Waals surface area contributed by atoms with E-state index in [9.17, 15) is 13.2 Å². The van der Waals surface area contributed by atoms with Gasteiger partial charge in [0.05, 0.1) is 22.1 Å². The monoisotopic (exact) mass is 344 g/mol. The number of hydrogen-bond donors (Lipinski definition) is 1. The number of nitrogens with zero attached hydrogens (tertiary/aromatic N) is 3. The van der Waals surface area contributed by atoms with E-state index in [1.807, 2.05) is 0 Å². The molecule has 1 heterocycles. The van der Waals surface area contributed by atoms with Crippen LogP contribution in [0.2, 0.25) is 0 Å². The van der Waals surface area contributed by atoms with E-state index in [1.54, 1.807) is 55.1 Å². The van der Waals surface area contributed by atoms with E-state index in [-0.39, 0.29) is 10.6 Å². The minimum atomic E-state index is -3.69. The summed E-state index contributed by atoms with van der Waals surface area (Å²) < 4.78 is 27.2. The molecule has 124 valence electrons. The number of fused-ring (bicyclic) bond motifs is 1. The van der Waals surface area contributed by atoms with Crippen LogP contribution in [0.1, 0.15) is 5.56 Å². The Morgan fingerprint density at radius 1 is 1.00 bits per heavy atom. The van der Waals surface area contributed by atoms with Crippen LogP contribution in [-0.4, -0.2) is 23.8 Å². The lowest BCUT2D eigenvalue weighted by Crippen LogP contribution is -2.19. The Kier molecular flexibility index (Phi) is 3.98. The molecule has 7 nitrogen and oxygen atoms in total. The van der Waals surface area contributed by atoms with Crippen LogP contribution < -0.4 is 10.5 Å². The van der Waals surface area contributed by atoms with Crippen molar-refractivity contribution >= 4 is 27.3 Å². The summed E-state index contributed by atoms with van der Waals surface area (Å²) in [6, 6.07) is 13.3. The van der Waals surface area contributed by atoms with Crippen molar-refractivity contribution in [2.75, 3.05) is 0 Å². The van der Waals surface area contributed by atoms with Gasteiger partial charge < -0.3 is 0 Å². The van der Waals surface area contributed by atoms with Gasteiger partial charge in [0.15, 0.2) is 0 Å². The minimum Gasteiger partial charge on any atom is -0.295 e. The van der Waals surface area contributed by atoms with E-state index in [1.165, 1.54) is 22.9 Å². The molecule has 3 aromatic rings. The summed E-state index contributed by atoms with van der Waals surface area (Å²) in [5, 5.41) is 3.80. The highest BCUT2D eigenvalue weighted by atomic mass is 32.2. The molecule has 2 aromatic carbocycles. The fourth-order valence-corrected chi connectivity index (χ4v) is 3.24. The zero-order valence-corrected chi connectivity index (χ0v) is 14.0. The van der Waals surface area contributed by atoms with Gasteiger partial charge in [-0.2, -0.15) is 13.5 Å². The molecule has 0 fully saturated rings. The van der Waals surface area contributed by atoms with Gasteiger partial charge in [0.25, 0.3) is 10.0 Å². The van der Waals surface area contributed by atoms with Crippen molar-refractivity contribution in [2.24, 2.45) is 19.2 Å². The van der Waals surface area contributed by atoms with Crippen LogP contribution in [0.15, 0.2) is 63.3 Å². The van der Waals surface area contributed by atoms with Crippen molar-refractivity contribution in [2.45, 2.75) is 4.90 Å². The number of imidazole rings is 1. The van der Waals surface area contributed by atoms with Crippen molar-refractivity contribution in [3.8, 4) is 0 Å². The van der Waals surface area contributed by atoms with E-state index < -0.39 is 10.0 Å². The van der Waals surface area contributed by atoms with Gasteiger partial charge in [0.1, 0.15) is 0 Å². The molecule has 0 atom stereocenters. The molecule has 3 rings (SSSR count). The molecule has 0 aliphatic carbocycles. The molecule has 8 heteroatoms. The third-order valence-electron chi connectivity index (χ3n) is 3.74. The highest BCUT2D eigenvalue weighted by molar-refractivity contribution is 7.89. The van der Waals surface area contributed by atoms with Crippen LogP contribution in [0.3, 0.4) is 0 Å². The summed E-state index contributed by atoms with van der Waals surface area (Å²) in [4.78, 5) is 14.2. The second-order valence-electron chi connectivity index (χ2n) is 5.31. The van der Waals surface area contributed by atoms with Gasteiger partial charge in [-0.05, 0) is 29.8 Å². The molecule has 0 radical (unpaired) electrons. The zero-order valence-electron chi connectivity index (χ0n) is 13.2. The van der Waals surface area contributed by atoms with Gasteiger partial charge in [-0.1, -0.05) is 24.3 Å². The third kappa shape index (κ3) is 2.83. The number of hydrazone groups is 1. The van der Waals surface area contributed by atoms with Crippen molar-refractivity contribution in [3.63, 3.8) is 0 Å². The van der Waals surface area contributed by atoms with E-state index in [0.29, 0.717) is 5.56 Å². The van der Waals surface area contributed by atoms with Gasteiger partial charge in [0.2, 0.25) is 0 Å². The number of nitrogens with one attached hydrogen (secondary N) is 1. The van der Waals surface area contributed by atoms with E-state index in [0.717, 1.165) is 11.0 Å². The quantitative estimate of drug-likeness (QED) is 0.570. The van der Waals surface area contributed by atoms with Gasteiger partial charge in [0, 0.05) is 14.1 Å².